The van der Waals surface area contributed by atoms with Crippen LogP contribution in [0.4, 0.5) is 0 Å². The molecule has 0 aromatic carbocycles. The number of nitrogens with zero attached hydrogens (tertiary/aromatic N) is 3. The van der Waals surface area contributed by atoms with Crippen molar-refractivity contribution in [1.82, 2.24) is 9.88 Å². The lowest BCUT2D eigenvalue weighted by atomic mass is 10.1. The molecule has 0 N–H and O–H groups in total. The molecular formula is C13H17N3. The largest absolute Gasteiger partial charge is 0.314 e. The first-order chi connectivity index (χ1) is 7.88. The van der Waals surface area contributed by atoms with Crippen molar-refractivity contribution in [3.05, 3.63) is 41.5 Å². The quantitative estimate of drug-likeness (QED) is 0.706. The number of likely N-dealkylation sites (tertiary alicyclic amines) is 1. The van der Waals surface area contributed by atoms with Crippen molar-refractivity contribution in [1.29, 1.82) is 0 Å². The zero-order chi connectivity index (χ0) is 11.2. The van der Waals surface area contributed by atoms with E-state index in [1.165, 1.54) is 5.56 Å². The highest BCUT2D eigenvalue weighted by molar-refractivity contribution is 5.09. The zero-order valence-electron chi connectivity index (χ0n) is 9.47. The lowest BCUT2D eigenvalue weighted by Gasteiger charge is -2.19. The van der Waals surface area contributed by atoms with E-state index >= 15 is 0 Å². The topological polar surface area (TPSA) is 20.5 Å². The maximum Gasteiger partial charge on any atom is 0.225 e. The average Bonchev–Trinajstić information content (AvgIpc) is 2.56. The summed E-state index contributed by atoms with van der Waals surface area (Å²) in [6.45, 7) is 10.2. The third kappa shape index (κ3) is 3.04. The number of pyridine rings is 1. The fraction of sp³-hybridized carbons (Fsp3) is 0.538. The summed E-state index contributed by atoms with van der Waals surface area (Å²) in [5, 5.41) is 0. The first kappa shape index (κ1) is 11.1. The Balaban J connectivity index is 1.89. The summed E-state index contributed by atoms with van der Waals surface area (Å²) in [7, 11) is 0. The van der Waals surface area contributed by atoms with E-state index in [0.717, 1.165) is 38.9 Å². The lowest BCUT2D eigenvalue weighted by Crippen LogP contribution is -2.24. The van der Waals surface area contributed by atoms with Crippen molar-refractivity contribution in [2.75, 3.05) is 13.1 Å². The van der Waals surface area contributed by atoms with Gasteiger partial charge in [0, 0.05) is 38.3 Å². The molecule has 0 bridgehead atoms. The van der Waals surface area contributed by atoms with Gasteiger partial charge in [-0.25, -0.2) is 6.57 Å². The van der Waals surface area contributed by atoms with Gasteiger partial charge in [0.25, 0.3) is 0 Å². The fourth-order valence-electron chi connectivity index (χ4n) is 2.17. The molecule has 1 aliphatic rings. The van der Waals surface area contributed by atoms with Crippen LogP contribution in [0.25, 0.3) is 4.85 Å². The first-order valence-electron chi connectivity index (χ1n) is 5.86. The minimum Gasteiger partial charge on any atom is -0.314 e. The molecule has 0 spiro atoms. The van der Waals surface area contributed by atoms with Crippen LogP contribution in [0.15, 0.2) is 24.5 Å². The minimum absolute atomic E-state index is 0.252. The minimum atomic E-state index is 0.252. The Morgan fingerprint density at radius 2 is 2.12 bits per heavy atom. The van der Waals surface area contributed by atoms with E-state index in [1.54, 1.807) is 0 Å². The zero-order valence-corrected chi connectivity index (χ0v) is 9.47. The molecule has 0 saturated carbocycles. The van der Waals surface area contributed by atoms with E-state index < -0.39 is 0 Å². The van der Waals surface area contributed by atoms with Gasteiger partial charge in [-0.2, -0.15) is 0 Å². The van der Waals surface area contributed by atoms with Crippen LogP contribution >= 0.6 is 0 Å². The first-order valence-corrected chi connectivity index (χ1v) is 5.86. The maximum absolute atomic E-state index is 7.08. The Hall–Kier alpha value is -1.40. The van der Waals surface area contributed by atoms with Crippen LogP contribution in [0.3, 0.4) is 0 Å². The molecule has 3 nitrogen and oxygen atoms in total. The highest BCUT2D eigenvalue weighted by Crippen LogP contribution is 2.15. The third-order valence-electron chi connectivity index (χ3n) is 3.13. The summed E-state index contributed by atoms with van der Waals surface area (Å²) in [6, 6.07) is 4.39. The molecular weight excluding hydrogens is 198 g/mol. The van der Waals surface area contributed by atoms with E-state index in [0.29, 0.717) is 0 Å². The van der Waals surface area contributed by atoms with Gasteiger partial charge in [0.15, 0.2) is 0 Å². The Morgan fingerprint density at radius 1 is 1.31 bits per heavy atom. The molecule has 1 aliphatic heterocycles. The van der Waals surface area contributed by atoms with E-state index in [1.807, 2.05) is 12.4 Å². The molecule has 16 heavy (non-hydrogen) atoms. The predicted octanol–water partition coefficient (Wildman–Crippen LogP) is 2.36. The number of aromatic nitrogens is 1. The van der Waals surface area contributed by atoms with Crippen LogP contribution in [-0.4, -0.2) is 29.0 Å². The van der Waals surface area contributed by atoms with Crippen molar-refractivity contribution in [3.8, 4) is 0 Å². The number of hydrogen-bond acceptors (Lipinski definition) is 2. The van der Waals surface area contributed by atoms with Gasteiger partial charge in [0.05, 0.1) is 0 Å². The van der Waals surface area contributed by atoms with Crippen LogP contribution in [0.5, 0.6) is 0 Å². The smallest absolute Gasteiger partial charge is 0.225 e. The van der Waals surface area contributed by atoms with Crippen molar-refractivity contribution >= 4 is 0 Å². The van der Waals surface area contributed by atoms with Crippen molar-refractivity contribution in [3.63, 3.8) is 0 Å². The van der Waals surface area contributed by atoms with Crippen LogP contribution in [0, 0.1) is 6.57 Å². The molecule has 0 amide bonds. The van der Waals surface area contributed by atoms with Gasteiger partial charge < -0.3 is 4.85 Å². The second-order valence-electron chi connectivity index (χ2n) is 4.35. The second-order valence-corrected chi connectivity index (χ2v) is 4.35. The molecule has 2 heterocycles. The van der Waals surface area contributed by atoms with E-state index in [-0.39, 0.29) is 6.04 Å². The van der Waals surface area contributed by atoms with Crippen LogP contribution in [0.1, 0.15) is 24.8 Å². The van der Waals surface area contributed by atoms with Crippen LogP contribution in [-0.2, 0) is 6.54 Å². The molecule has 0 aliphatic carbocycles. The molecule has 84 valence electrons. The van der Waals surface area contributed by atoms with Gasteiger partial charge >= 0.3 is 0 Å². The molecule has 1 fully saturated rings. The van der Waals surface area contributed by atoms with Crippen LogP contribution in [0.2, 0.25) is 0 Å². The number of hydrogen-bond donors (Lipinski definition) is 0. The van der Waals surface area contributed by atoms with E-state index in [9.17, 15) is 0 Å². The Morgan fingerprint density at radius 3 is 2.88 bits per heavy atom. The summed E-state index contributed by atoms with van der Waals surface area (Å²) in [5.41, 5.74) is 1.32. The summed E-state index contributed by atoms with van der Waals surface area (Å²) >= 11 is 0. The maximum atomic E-state index is 7.08. The molecule has 1 unspecified atom stereocenters. The highest BCUT2D eigenvalue weighted by atomic mass is 15.1. The Labute approximate surface area is 96.9 Å². The fourth-order valence-corrected chi connectivity index (χ4v) is 2.17. The molecule has 1 saturated heterocycles. The third-order valence-corrected chi connectivity index (χ3v) is 3.13. The second kappa shape index (κ2) is 5.62. The molecule has 0 radical (unpaired) electrons. The summed E-state index contributed by atoms with van der Waals surface area (Å²) in [4.78, 5) is 10.1. The average molecular weight is 215 g/mol. The molecule has 1 aromatic rings. The van der Waals surface area contributed by atoms with Gasteiger partial charge in [-0.1, -0.05) is 0 Å². The van der Waals surface area contributed by atoms with E-state index in [4.69, 9.17) is 6.57 Å². The Bertz CT molecular complexity index is 355. The molecule has 1 atom stereocenters. The summed E-state index contributed by atoms with van der Waals surface area (Å²) in [5.74, 6) is 0. The number of rotatable bonds is 2. The van der Waals surface area contributed by atoms with Crippen molar-refractivity contribution < 1.29 is 0 Å². The van der Waals surface area contributed by atoms with Gasteiger partial charge in [-0.05, 0) is 30.7 Å². The summed E-state index contributed by atoms with van der Waals surface area (Å²) < 4.78 is 0. The van der Waals surface area contributed by atoms with Crippen LogP contribution < -0.4 is 0 Å². The van der Waals surface area contributed by atoms with Gasteiger partial charge in [0.2, 0.25) is 6.04 Å². The Kier molecular flexibility index (Phi) is 3.90. The highest BCUT2D eigenvalue weighted by Gasteiger charge is 2.19. The summed E-state index contributed by atoms with van der Waals surface area (Å²) in [6.07, 6.45) is 6.92. The predicted molar refractivity (Wildman–Crippen MR) is 63.8 cm³/mol. The SMILES string of the molecule is [C-]#[N+]C1CCCN(Cc2ccncc2)CC1. The van der Waals surface area contributed by atoms with Crippen molar-refractivity contribution in [2.24, 2.45) is 0 Å². The standard InChI is InChI=1S/C13H17N3/c1-14-13-3-2-9-16(10-6-13)11-12-4-7-15-8-5-12/h4-5,7-8,13H,2-3,6,9-11H2. The van der Waals surface area contributed by atoms with Gasteiger partial charge in [0.1, 0.15) is 0 Å². The van der Waals surface area contributed by atoms with Gasteiger partial charge in [-0.3, -0.25) is 9.88 Å². The molecule has 2 rings (SSSR count). The van der Waals surface area contributed by atoms with E-state index in [2.05, 4.69) is 26.9 Å². The van der Waals surface area contributed by atoms with Crippen molar-refractivity contribution in [2.45, 2.75) is 31.8 Å². The monoisotopic (exact) mass is 215 g/mol. The molecule has 1 aromatic heterocycles. The normalized spacial score (nSPS) is 22.3. The lowest BCUT2D eigenvalue weighted by molar-refractivity contribution is 0.276. The molecule has 3 heteroatoms. The van der Waals surface area contributed by atoms with Gasteiger partial charge in [-0.15, -0.1) is 0 Å².